The lowest BCUT2D eigenvalue weighted by Crippen LogP contribution is -2.51. The summed E-state index contributed by atoms with van der Waals surface area (Å²) in [6.07, 6.45) is 3.85. The minimum absolute atomic E-state index is 0.0270. The molecule has 2 aliphatic heterocycles. The van der Waals surface area contributed by atoms with Crippen LogP contribution in [-0.4, -0.2) is 37.1 Å². The number of carbonyl (C=O) groups is 2. The van der Waals surface area contributed by atoms with E-state index in [0.717, 1.165) is 25.7 Å². The maximum absolute atomic E-state index is 11.8. The lowest BCUT2D eigenvalue weighted by molar-refractivity contribution is -0.137. The van der Waals surface area contributed by atoms with Gasteiger partial charge in [0.1, 0.15) is 6.10 Å². The van der Waals surface area contributed by atoms with Crippen molar-refractivity contribution in [1.82, 2.24) is 10.6 Å². The molecule has 0 aromatic rings. The van der Waals surface area contributed by atoms with Gasteiger partial charge in [-0.1, -0.05) is 0 Å². The summed E-state index contributed by atoms with van der Waals surface area (Å²) in [6, 6.07) is 0.0655. The van der Waals surface area contributed by atoms with Crippen LogP contribution in [0.4, 0.5) is 0 Å². The molecule has 0 aromatic heterocycles. The van der Waals surface area contributed by atoms with Crippen molar-refractivity contribution in [2.75, 3.05) is 13.2 Å². The molecular weight excluding hydrogens is 208 g/mol. The van der Waals surface area contributed by atoms with Gasteiger partial charge in [0.2, 0.25) is 11.8 Å². The van der Waals surface area contributed by atoms with Gasteiger partial charge in [0.05, 0.1) is 0 Å². The molecule has 2 heterocycles. The van der Waals surface area contributed by atoms with Crippen molar-refractivity contribution in [3.05, 3.63) is 0 Å². The smallest absolute Gasteiger partial charge is 0.249 e. The predicted octanol–water partition coefficient (Wildman–Crippen LogP) is -0.0497. The van der Waals surface area contributed by atoms with E-state index in [1.54, 1.807) is 0 Å². The third-order valence-corrected chi connectivity index (χ3v) is 3.08. The molecule has 2 amide bonds. The van der Waals surface area contributed by atoms with Crippen molar-refractivity contribution in [1.29, 1.82) is 0 Å². The molecule has 0 aromatic carbocycles. The van der Waals surface area contributed by atoms with Crippen molar-refractivity contribution in [2.24, 2.45) is 0 Å². The molecule has 5 nitrogen and oxygen atoms in total. The molecule has 0 aliphatic carbocycles. The Morgan fingerprint density at radius 1 is 1.38 bits per heavy atom. The maximum atomic E-state index is 11.8. The molecule has 16 heavy (non-hydrogen) atoms. The van der Waals surface area contributed by atoms with Crippen molar-refractivity contribution >= 4 is 11.8 Å². The van der Waals surface area contributed by atoms with Crippen LogP contribution in [0.2, 0.25) is 0 Å². The first-order chi connectivity index (χ1) is 7.75. The lowest BCUT2D eigenvalue weighted by Gasteiger charge is -2.27. The van der Waals surface area contributed by atoms with Gasteiger partial charge < -0.3 is 15.4 Å². The van der Waals surface area contributed by atoms with Crippen LogP contribution in [0.25, 0.3) is 0 Å². The predicted molar refractivity (Wildman–Crippen MR) is 57.8 cm³/mol. The number of ether oxygens (including phenoxy) is 1. The highest BCUT2D eigenvalue weighted by Gasteiger charge is 2.26. The van der Waals surface area contributed by atoms with Crippen molar-refractivity contribution in [2.45, 2.75) is 44.2 Å². The number of rotatable bonds is 2. The second kappa shape index (κ2) is 5.30. The normalized spacial score (nSPS) is 30.6. The van der Waals surface area contributed by atoms with E-state index < -0.39 is 0 Å². The van der Waals surface area contributed by atoms with Crippen LogP contribution in [0.15, 0.2) is 0 Å². The second-order valence-electron chi connectivity index (χ2n) is 4.40. The zero-order valence-electron chi connectivity index (χ0n) is 9.33. The molecule has 0 saturated carbocycles. The first kappa shape index (κ1) is 11.4. The van der Waals surface area contributed by atoms with Crippen LogP contribution in [0.1, 0.15) is 32.1 Å². The average molecular weight is 226 g/mol. The Balaban J connectivity index is 1.75. The number of nitrogens with one attached hydrogen (secondary N) is 2. The molecule has 90 valence electrons. The topological polar surface area (TPSA) is 67.4 Å². The maximum Gasteiger partial charge on any atom is 0.249 e. The molecule has 2 rings (SSSR count). The molecule has 0 bridgehead atoms. The van der Waals surface area contributed by atoms with Gasteiger partial charge in [-0.2, -0.15) is 0 Å². The highest BCUT2D eigenvalue weighted by atomic mass is 16.5. The van der Waals surface area contributed by atoms with Crippen LogP contribution in [0, 0.1) is 0 Å². The molecule has 2 saturated heterocycles. The molecule has 5 heteroatoms. The molecule has 0 spiro atoms. The van der Waals surface area contributed by atoms with Crippen LogP contribution in [0.3, 0.4) is 0 Å². The standard InChI is InChI=1S/C11H18N2O3/c14-10-5-4-8(7-12-10)13-11(15)9-3-1-2-6-16-9/h8-9H,1-7H2,(H,12,14)(H,13,15). The van der Waals surface area contributed by atoms with Gasteiger partial charge in [0, 0.05) is 25.6 Å². The summed E-state index contributed by atoms with van der Waals surface area (Å²) in [4.78, 5) is 22.7. The summed E-state index contributed by atoms with van der Waals surface area (Å²) in [5, 5.41) is 5.68. The van der Waals surface area contributed by atoms with Gasteiger partial charge in [-0.25, -0.2) is 0 Å². The Morgan fingerprint density at radius 3 is 2.88 bits per heavy atom. The second-order valence-corrected chi connectivity index (χ2v) is 4.40. The summed E-state index contributed by atoms with van der Waals surface area (Å²) in [7, 11) is 0. The Hall–Kier alpha value is -1.10. The van der Waals surface area contributed by atoms with E-state index in [2.05, 4.69) is 10.6 Å². The highest BCUT2D eigenvalue weighted by Crippen LogP contribution is 2.13. The molecule has 2 aliphatic rings. The number of amides is 2. The van der Waals surface area contributed by atoms with Gasteiger partial charge >= 0.3 is 0 Å². The SMILES string of the molecule is O=C1CCC(NC(=O)C2CCCCO2)CN1. The number of hydrogen-bond donors (Lipinski definition) is 2. The number of carbonyl (C=O) groups excluding carboxylic acids is 2. The van der Waals surface area contributed by atoms with E-state index in [1.165, 1.54) is 0 Å². The Morgan fingerprint density at radius 2 is 2.25 bits per heavy atom. The van der Waals surface area contributed by atoms with Crippen LogP contribution in [0.5, 0.6) is 0 Å². The van der Waals surface area contributed by atoms with E-state index in [-0.39, 0.29) is 24.0 Å². The van der Waals surface area contributed by atoms with Crippen molar-refractivity contribution < 1.29 is 14.3 Å². The third-order valence-electron chi connectivity index (χ3n) is 3.08. The zero-order chi connectivity index (χ0) is 11.4. The van der Waals surface area contributed by atoms with Crippen molar-refractivity contribution in [3.63, 3.8) is 0 Å². The summed E-state index contributed by atoms with van der Waals surface area (Å²) >= 11 is 0. The zero-order valence-corrected chi connectivity index (χ0v) is 9.33. The fourth-order valence-corrected chi connectivity index (χ4v) is 2.10. The van der Waals surface area contributed by atoms with Gasteiger partial charge in [-0.05, 0) is 25.7 Å². The first-order valence-corrected chi connectivity index (χ1v) is 5.94. The van der Waals surface area contributed by atoms with E-state index in [1.807, 2.05) is 0 Å². The largest absolute Gasteiger partial charge is 0.368 e. The van der Waals surface area contributed by atoms with Gasteiger partial charge in [-0.3, -0.25) is 9.59 Å². The summed E-state index contributed by atoms with van der Waals surface area (Å²) < 4.78 is 5.40. The van der Waals surface area contributed by atoms with Crippen LogP contribution in [-0.2, 0) is 14.3 Å². The Bertz CT molecular complexity index is 264. The summed E-state index contributed by atoms with van der Waals surface area (Å²) in [5.74, 6) is 0.0419. The summed E-state index contributed by atoms with van der Waals surface area (Å²) in [5.41, 5.74) is 0. The molecule has 2 N–H and O–H groups in total. The van der Waals surface area contributed by atoms with E-state index in [4.69, 9.17) is 4.74 Å². The highest BCUT2D eigenvalue weighted by molar-refractivity contribution is 5.82. The average Bonchev–Trinajstić information content (AvgIpc) is 2.33. The Labute approximate surface area is 94.9 Å². The fourth-order valence-electron chi connectivity index (χ4n) is 2.10. The van der Waals surface area contributed by atoms with Gasteiger partial charge in [0.15, 0.2) is 0 Å². The molecular formula is C11H18N2O3. The molecule has 2 atom stereocenters. The molecule has 2 fully saturated rings. The quantitative estimate of drug-likeness (QED) is 0.693. The Kier molecular flexibility index (Phi) is 3.77. The van der Waals surface area contributed by atoms with Gasteiger partial charge in [0.25, 0.3) is 0 Å². The fraction of sp³-hybridized carbons (Fsp3) is 0.818. The lowest BCUT2D eigenvalue weighted by atomic mass is 10.0. The number of piperidine rings is 1. The van der Waals surface area contributed by atoms with Crippen LogP contribution < -0.4 is 10.6 Å². The minimum Gasteiger partial charge on any atom is -0.368 e. The number of hydrogen-bond acceptors (Lipinski definition) is 3. The minimum atomic E-state index is -0.286. The molecule has 2 unspecified atom stereocenters. The third kappa shape index (κ3) is 2.95. The van der Waals surface area contributed by atoms with Crippen molar-refractivity contribution in [3.8, 4) is 0 Å². The monoisotopic (exact) mass is 226 g/mol. The first-order valence-electron chi connectivity index (χ1n) is 5.94. The van der Waals surface area contributed by atoms with E-state index in [0.29, 0.717) is 19.6 Å². The van der Waals surface area contributed by atoms with E-state index in [9.17, 15) is 9.59 Å². The van der Waals surface area contributed by atoms with E-state index >= 15 is 0 Å². The van der Waals surface area contributed by atoms with Gasteiger partial charge in [-0.15, -0.1) is 0 Å². The molecule has 0 radical (unpaired) electrons. The summed E-state index contributed by atoms with van der Waals surface area (Å²) in [6.45, 7) is 1.22. The van der Waals surface area contributed by atoms with Crippen LogP contribution >= 0.6 is 0 Å².